The molecule has 4 heteroatoms. The van der Waals surface area contributed by atoms with Crippen LogP contribution in [0.3, 0.4) is 0 Å². The summed E-state index contributed by atoms with van der Waals surface area (Å²) < 4.78 is 18.9. The Morgan fingerprint density at radius 1 is 1.39 bits per heavy atom. The summed E-state index contributed by atoms with van der Waals surface area (Å²) in [6.07, 6.45) is 1.48. The number of anilines is 1. The van der Waals surface area contributed by atoms with Crippen LogP contribution < -0.4 is 5.32 Å². The van der Waals surface area contributed by atoms with Crippen molar-refractivity contribution in [2.45, 2.75) is 45.1 Å². The van der Waals surface area contributed by atoms with Gasteiger partial charge in [-0.25, -0.2) is 9.18 Å². The van der Waals surface area contributed by atoms with E-state index in [1.807, 2.05) is 6.07 Å². The molecule has 0 saturated heterocycles. The van der Waals surface area contributed by atoms with E-state index in [-0.39, 0.29) is 5.69 Å². The van der Waals surface area contributed by atoms with Gasteiger partial charge in [-0.1, -0.05) is 12.1 Å². The summed E-state index contributed by atoms with van der Waals surface area (Å²) in [5.41, 5.74) is 0.532. The molecule has 0 heterocycles. The van der Waals surface area contributed by atoms with E-state index >= 15 is 0 Å². The number of hydrogen-bond acceptors (Lipinski definition) is 2. The predicted octanol–water partition coefficient (Wildman–Crippen LogP) is 4.05. The van der Waals surface area contributed by atoms with Crippen LogP contribution in [0.5, 0.6) is 0 Å². The molecular weight excluding hydrogens is 233 g/mol. The van der Waals surface area contributed by atoms with Crippen molar-refractivity contribution in [1.82, 2.24) is 0 Å². The lowest BCUT2D eigenvalue weighted by atomic mass is 10.1. The zero-order valence-corrected chi connectivity index (χ0v) is 10.9. The van der Waals surface area contributed by atoms with Gasteiger partial charge in [0.05, 0.1) is 5.69 Å². The first kappa shape index (κ1) is 12.9. The van der Waals surface area contributed by atoms with Gasteiger partial charge in [0.25, 0.3) is 0 Å². The van der Waals surface area contributed by atoms with Gasteiger partial charge >= 0.3 is 6.09 Å². The van der Waals surface area contributed by atoms with Crippen molar-refractivity contribution in [3.8, 4) is 0 Å². The minimum Gasteiger partial charge on any atom is -0.444 e. The summed E-state index contributed by atoms with van der Waals surface area (Å²) >= 11 is 0. The number of carbonyl (C=O) groups excluding carboxylic acids is 1. The second-order valence-electron chi connectivity index (χ2n) is 5.61. The molecule has 1 aromatic rings. The molecule has 0 aromatic heterocycles. The van der Waals surface area contributed by atoms with Crippen molar-refractivity contribution in [2.24, 2.45) is 0 Å². The van der Waals surface area contributed by atoms with E-state index in [1.54, 1.807) is 26.8 Å². The number of nitrogens with one attached hydrogen (secondary N) is 1. The molecule has 2 rings (SSSR count). The molecule has 1 aliphatic carbocycles. The zero-order chi connectivity index (χ0) is 13.3. The summed E-state index contributed by atoms with van der Waals surface area (Å²) in [5, 5.41) is 2.52. The molecule has 1 amide bonds. The third kappa shape index (κ3) is 3.22. The van der Waals surface area contributed by atoms with E-state index < -0.39 is 17.5 Å². The topological polar surface area (TPSA) is 38.3 Å². The molecule has 1 saturated carbocycles. The molecule has 0 bridgehead atoms. The Morgan fingerprint density at radius 3 is 2.61 bits per heavy atom. The van der Waals surface area contributed by atoms with Crippen molar-refractivity contribution < 1.29 is 13.9 Å². The lowest BCUT2D eigenvalue weighted by molar-refractivity contribution is 0.0635. The molecule has 0 atom stereocenters. The second kappa shape index (κ2) is 4.59. The third-order valence-electron chi connectivity index (χ3n) is 2.69. The van der Waals surface area contributed by atoms with Crippen LogP contribution in [0.1, 0.15) is 45.1 Å². The average Bonchev–Trinajstić information content (AvgIpc) is 3.01. The van der Waals surface area contributed by atoms with E-state index in [0.29, 0.717) is 5.92 Å². The van der Waals surface area contributed by atoms with Crippen LogP contribution in [0.4, 0.5) is 14.9 Å². The highest BCUT2D eigenvalue weighted by molar-refractivity contribution is 5.86. The largest absolute Gasteiger partial charge is 0.444 e. The highest BCUT2D eigenvalue weighted by atomic mass is 19.1. The molecule has 0 spiro atoms. The van der Waals surface area contributed by atoms with Crippen molar-refractivity contribution in [3.63, 3.8) is 0 Å². The summed E-state index contributed by atoms with van der Waals surface area (Å²) in [4.78, 5) is 11.7. The standard InChI is InChI=1S/C14H18FNO2/c1-14(2,3)18-13(17)16-12-10(9-7-8-9)5-4-6-11(12)15/h4-6,9H,7-8H2,1-3H3,(H,16,17). The molecule has 1 aromatic carbocycles. The minimum atomic E-state index is -0.616. The van der Waals surface area contributed by atoms with Gasteiger partial charge in [0.15, 0.2) is 0 Å². The number of hydrogen-bond donors (Lipinski definition) is 1. The predicted molar refractivity (Wildman–Crippen MR) is 68.2 cm³/mol. The molecule has 1 N–H and O–H groups in total. The fraction of sp³-hybridized carbons (Fsp3) is 0.500. The van der Waals surface area contributed by atoms with Gasteiger partial charge in [0.1, 0.15) is 11.4 Å². The van der Waals surface area contributed by atoms with Crippen molar-refractivity contribution in [1.29, 1.82) is 0 Å². The normalized spacial score (nSPS) is 15.3. The fourth-order valence-corrected chi connectivity index (χ4v) is 1.81. The van der Waals surface area contributed by atoms with Crippen LogP contribution in [-0.2, 0) is 4.74 Å². The Morgan fingerprint density at radius 2 is 2.06 bits per heavy atom. The van der Waals surface area contributed by atoms with Crippen LogP contribution in [0.15, 0.2) is 18.2 Å². The number of halogens is 1. The molecule has 18 heavy (non-hydrogen) atoms. The Labute approximate surface area is 106 Å². The first-order chi connectivity index (χ1) is 8.37. The SMILES string of the molecule is CC(C)(C)OC(=O)Nc1c(F)cccc1C1CC1. The quantitative estimate of drug-likeness (QED) is 0.861. The van der Waals surface area contributed by atoms with Gasteiger partial charge in [-0.2, -0.15) is 0 Å². The van der Waals surface area contributed by atoms with E-state index in [0.717, 1.165) is 18.4 Å². The number of carbonyl (C=O) groups is 1. The maximum atomic E-state index is 13.8. The summed E-state index contributed by atoms with van der Waals surface area (Å²) in [6.45, 7) is 5.32. The summed E-state index contributed by atoms with van der Waals surface area (Å²) in [6, 6.07) is 4.87. The molecular formula is C14H18FNO2. The first-order valence-electron chi connectivity index (χ1n) is 6.15. The Balaban J connectivity index is 2.15. The highest BCUT2D eigenvalue weighted by Crippen LogP contribution is 2.44. The lowest BCUT2D eigenvalue weighted by Gasteiger charge is -2.20. The molecule has 0 radical (unpaired) electrons. The molecule has 3 nitrogen and oxygen atoms in total. The first-order valence-corrected chi connectivity index (χ1v) is 6.15. The number of amides is 1. The van der Waals surface area contributed by atoms with E-state index in [9.17, 15) is 9.18 Å². The Hall–Kier alpha value is -1.58. The van der Waals surface area contributed by atoms with Crippen LogP contribution in [0.25, 0.3) is 0 Å². The lowest BCUT2D eigenvalue weighted by Crippen LogP contribution is -2.27. The van der Waals surface area contributed by atoms with Crippen molar-refractivity contribution >= 4 is 11.8 Å². The van der Waals surface area contributed by atoms with E-state index in [2.05, 4.69) is 5.32 Å². The van der Waals surface area contributed by atoms with Gasteiger partial charge in [-0.05, 0) is 51.2 Å². The van der Waals surface area contributed by atoms with Crippen LogP contribution in [-0.4, -0.2) is 11.7 Å². The van der Waals surface area contributed by atoms with Gasteiger partial charge in [0, 0.05) is 0 Å². The Bertz CT molecular complexity index is 461. The molecule has 98 valence electrons. The van der Waals surface area contributed by atoms with Gasteiger partial charge in [-0.3, -0.25) is 5.32 Å². The third-order valence-corrected chi connectivity index (χ3v) is 2.69. The summed E-state index contributed by atoms with van der Waals surface area (Å²) in [7, 11) is 0. The molecule has 0 unspecified atom stereocenters. The monoisotopic (exact) mass is 251 g/mol. The molecule has 1 fully saturated rings. The van der Waals surface area contributed by atoms with Gasteiger partial charge in [-0.15, -0.1) is 0 Å². The maximum absolute atomic E-state index is 13.8. The second-order valence-corrected chi connectivity index (χ2v) is 5.61. The number of rotatable bonds is 2. The smallest absolute Gasteiger partial charge is 0.412 e. The number of para-hydroxylation sites is 1. The maximum Gasteiger partial charge on any atom is 0.412 e. The van der Waals surface area contributed by atoms with Gasteiger partial charge in [0.2, 0.25) is 0 Å². The van der Waals surface area contributed by atoms with Crippen molar-refractivity contribution in [2.75, 3.05) is 5.32 Å². The van der Waals surface area contributed by atoms with E-state index in [4.69, 9.17) is 4.74 Å². The average molecular weight is 251 g/mol. The van der Waals surface area contributed by atoms with Gasteiger partial charge < -0.3 is 4.74 Å². The van der Waals surface area contributed by atoms with E-state index in [1.165, 1.54) is 6.07 Å². The van der Waals surface area contributed by atoms with Crippen LogP contribution in [0, 0.1) is 5.82 Å². The highest BCUT2D eigenvalue weighted by Gasteiger charge is 2.28. The van der Waals surface area contributed by atoms with Crippen molar-refractivity contribution in [3.05, 3.63) is 29.6 Å². The summed E-state index contributed by atoms with van der Waals surface area (Å²) in [5.74, 6) is -0.0455. The van der Waals surface area contributed by atoms with Crippen LogP contribution in [0.2, 0.25) is 0 Å². The number of benzene rings is 1. The zero-order valence-electron chi connectivity index (χ0n) is 10.9. The van der Waals surface area contributed by atoms with Crippen LogP contribution >= 0.6 is 0 Å². The number of ether oxygens (including phenoxy) is 1. The Kier molecular flexibility index (Phi) is 3.28. The molecule has 1 aliphatic rings. The fourth-order valence-electron chi connectivity index (χ4n) is 1.81. The molecule has 0 aliphatic heterocycles. The minimum absolute atomic E-state index is 0.259.